The fourth-order valence-electron chi connectivity index (χ4n) is 4.94. The Morgan fingerprint density at radius 2 is 2.06 bits per heavy atom. The molecule has 1 aliphatic carbocycles. The molecule has 2 aliphatic rings. The van der Waals surface area contributed by atoms with Crippen molar-refractivity contribution in [2.24, 2.45) is 18.9 Å². The summed E-state index contributed by atoms with van der Waals surface area (Å²) < 4.78 is 9.15. The van der Waals surface area contributed by atoms with Crippen LogP contribution < -0.4 is 10.9 Å². The lowest BCUT2D eigenvalue weighted by molar-refractivity contribution is 0.0318. The van der Waals surface area contributed by atoms with Crippen LogP contribution >= 0.6 is 0 Å². The van der Waals surface area contributed by atoms with Crippen LogP contribution in [-0.4, -0.2) is 42.3 Å². The first-order valence-electron chi connectivity index (χ1n) is 11.1. The van der Waals surface area contributed by atoms with Crippen molar-refractivity contribution in [1.29, 1.82) is 0 Å². The first-order valence-corrected chi connectivity index (χ1v) is 11.1. The van der Waals surface area contributed by atoms with E-state index in [9.17, 15) is 4.79 Å². The molecule has 0 amide bonds. The number of aryl methyl sites for hydroxylation is 2. The second-order valence-corrected chi connectivity index (χ2v) is 8.95. The van der Waals surface area contributed by atoms with Gasteiger partial charge >= 0.3 is 0 Å². The van der Waals surface area contributed by atoms with E-state index in [1.54, 1.807) is 28.4 Å². The van der Waals surface area contributed by atoms with Gasteiger partial charge in [0.25, 0.3) is 5.56 Å². The zero-order valence-corrected chi connectivity index (χ0v) is 18.2. The van der Waals surface area contributed by atoms with E-state index in [2.05, 4.69) is 20.4 Å². The molecule has 1 aliphatic heterocycles. The summed E-state index contributed by atoms with van der Waals surface area (Å²) in [6.07, 6.45) is 8.57. The Bertz CT molecular complexity index is 1390. The molecular formula is C23H25N7O2. The molecule has 2 fully saturated rings. The zero-order valence-electron chi connectivity index (χ0n) is 18.2. The molecule has 0 bridgehead atoms. The molecule has 4 aromatic heterocycles. The highest BCUT2D eigenvalue weighted by molar-refractivity contribution is 5.80. The Labute approximate surface area is 184 Å². The molecule has 32 heavy (non-hydrogen) atoms. The van der Waals surface area contributed by atoms with Crippen LogP contribution in [0.2, 0.25) is 0 Å². The van der Waals surface area contributed by atoms with Crippen molar-refractivity contribution in [3.05, 3.63) is 52.3 Å². The summed E-state index contributed by atoms with van der Waals surface area (Å²) in [5, 5.41) is 7.55. The Morgan fingerprint density at radius 3 is 2.91 bits per heavy atom. The number of hydrogen-bond acceptors (Lipinski definition) is 7. The maximum absolute atomic E-state index is 12.8. The van der Waals surface area contributed by atoms with Crippen molar-refractivity contribution in [3.63, 3.8) is 0 Å². The minimum atomic E-state index is -0.0228. The van der Waals surface area contributed by atoms with Crippen molar-refractivity contribution in [2.75, 3.05) is 18.5 Å². The summed E-state index contributed by atoms with van der Waals surface area (Å²) in [6.45, 7) is 3.49. The highest BCUT2D eigenvalue weighted by Gasteiger charge is 2.40. The van der Waals surface area contributed by atoms with Gasteiger partial charge in [0.1, 0.15) is 6.33 Å². The second-order valence-electron chi connectivity index (χ2n) is 8.95. The normalized spacial score (nSPS) is 21.3. The Balaban J connectivity index is 1.45. The van der Waals surface area contributed by atoms with Gasteiger partial charge in [0.2, 0.25) is 5.95 Å². The minimum Gasteiger partial charge on any atom is -0.381 e. The van der Waals surface area contributed by atoms with Crippen LogP contribution in [0.25, 0.3) is 16.7 Å². The molecule has 2 atom stereocenters. The van der Waals surface area contributed by atoms with Crippen molar-refractivity contribution in [3.8, 4) is 0 Å². The third-order valence-electron chi connectivity index (χ3n) is 6.91. The quantitative estimate of drug-likeness (QED) is 0.530. The summed E-state index contributed by atoms with van der Waals surface area (Å²) in [4.78, 5) is 26.4. The average molecular weight is 432 g/mol. The molecule has 9 nitrogen and oxygen atoms in total. The van der Waals surface area contributed by atoms with E-state index >= 15 is 0 Å². The molecule has 0 aromatic carbocycles. The maximum atomic E-state index is 12.8. The second kappa shape index (κ2) is 7.37. The molecule has 1 saturated carbocycles. The van der Waals surface area contributed by atoms with E-state index in [1.807, 2.05) is 19.2 Å². The van der Waals surface area contributed by atoms with Gasteiger partial charge in [0.15, 0.2) is 5.65 Å². The average Bonchev–Trinajstić information content (AvgIpc) is 3.55. The third-order valence-corrected chi connectivity index (χ3v) is 6.91. The van der Waals surface area contributed by atoms with Crippen LogP contribution in [0.4, 0.5) is 11.6 Å². The number of fused-ring (bicyclic) bond motifs is 2. The van der Waals surface area contributed by atoms with Crippen LogP contribution in [0.1, 0.15) is 36.3 Å². The number of rotatable bonds is 4. The van der Waals surface area contributed by atoms with E-state index in [4.69, 9.17) is 9.72 Å². The summed E-state index contributed by atoms with van der Waals surface area (Å²) in [7, 11) is 1.77. The molecule has 0 radical (unpaired) electrons. The maximum Gasteiger partial charge on any atom is 0.251 e. The van der Waals surface area contributed by atoms with Crippen LogP contribution in [0, 0.1) is 18.8 Å². The summed E-state index contributed by atoms with van der Waals surface area (Å²) >= 11 is 0. The molecular weight excluding hydrogens is 406 g/mol. The van der Waals surface area contributed by atoms with Gasteiger partial charge in [-0.15, -0.1) is 0 Å². The first kappa shape index (κ1) is 19.4. The lowest BCUT2D eigenvalue weighted by Crippen LogP contribution is -2.29. The van der Waals surface area contributed by atoms with Crippen LogP contribution in [0.5, 0.6) is 0 Å². The van der Waals surface area contributed by atoms with Gasteiger partial charge in [-0.1, -0.05) is 0 Å². The predicted molar refractivity (Wildman–Crippen MR) is 120 cm³/mol. The van der Waals surface area contributed by atoms with Crippen molar-refractivity contribution < 1.29 is 4.74 Å². The Morgan fingerprint density at radius 1 is 1.19 bits per heavy atom. The fraction of sp³-hybridized carbons (Fsp3) is 0.435. The summed E-state index contributed by atoms with van der Waals surface area (Å²) in [6, 6.07) is 3.74. The molecule has 4 aromatic rings. The van der Waals surface area contributed by atoms with Crippen LogP contribution in [0.15, 0.2) is 35.6 Å². The van der Waals surface area contributed by atoms with Gasteiger partial charge in [-0.25, -0.2) is 19.5 Å². The standard InChI is InChI=1S/C23H25N7O2/c1-13-7-20-25-12-26-30(20)10-18(13)27-23-24-9-19-22(28-23)16(8-21(31)29(19)2)15-5-6-32-11-17(15)14-3-4-14/h7-10,12,14-15,17H,3-6,11H2,1-2H3,(H,24,27,28). The van der Waals surface area contributed by atoms with Crippen molar-refractivity contribution in [1.82, 2.24) is 29.1 Å². The SMILES string of the molecule is Cc1cc2ncnn2cc1Nc1ncc2c(n1)c(C1CCOCC1C1CC1)cc(=O)n2C. The summed E-state index contributed by atoms with van der Waals surface area (Å²) in [5.41, 5.74) is 5.26. The molecule has 2 unspecified atom stereocenters. The number of pyridine rings is 2. The zero-order chi connectivity index (χ0) is 21.8. The Hall–Kier alpha value is -3.33. The highest BCUT2D eigenvalue weighted by atomic mass is 16.5. The topological polar surface area (TPSA) is 99.2 Å². The van der Waals surface area contributed by atoms with Crippen LogP contribution in [-0.2, 0) is 11.8 Å². The largest absolute Gasteiger partial charge is 0.381 e. The number of hydrogen-bond donors (Lipinski definition) is 1. The van der Waals surface area contributed by atoms with E-state index < -0.39 is 0 Å². The van der Waals surface area contributed by atoms with Gasteiger partial charge in [0.05, 0.1) is 35.7 Å². The van der Waals surface area contributed by atoms with Gasteiger partial charge in [0, 0.05) is 19.7 Å². The highest BCUT2D eigenvalue weighted by Crippen LogP contribution is 2.47. The number of nitrogens with zero attached hydrogens (tertiary/aromatic N) is 6. The molecule has 1 N–H and O–H groups in total. The smallest absolute Gasteiger partial charge is 0.251 e. The third kappa shape index (κ3) is 3.24. The number of nitrogens with one attached hydrogen (secondary N) is 1. The molecule has 6 rings (SSSR count). The van der Waals surface area contributed by atoms with E-state index in [0.29, 0.717) is 17.8 Å². The summed E-state index contributed by atoms with van der Waals surface area (Å²) in [5.74, 6) is 1.91. The minimum absolute atomic E-state index is 0.0228. The molecule has 9 heteroatoms. The fourth-order valence-corrected chi connectivity index (χ4v) is 4.94. The van der Waals surface area contributed by atoms with Crippen molar-refractivity contribution >= 4 is 28.3 Å². The number of ether oxygens (including phenoxy) is 1. The van der Waals surface area contributed by atoms with E-state index in [1.165, 1.54) is 19.2 Å². The van der Waals surface area contributed by atoms with Gasteiger partial charge in [-0.05, 0) is 61.1 Å². The van der Waals surface area contributed by atoms with E-state index in [-0.39, 0.29) is 11.5 Å². The molecule has 1 saturated heterocycles. The van der Waals surface area contributed by atoms with Crippen LogP contribution in [0.3, 0.4) is 0 Å². The Kier molecular flexibility index (Phi) is 4.46. The first-order chi connectivity index (χ1) is 15.6. The molecule has 0 spiro atoms. The van der Waals surface area contributed by atoms with Gasteiger partial charge in [-0.2, -0.15) is 5.10 Å². The molecule has 5 heterocycles. The number of anilines is 2. The van der Waals surface area contributed by atoms with E-state index in [0.717, 1.165) is 53.1 Å². The lowest BCUT2D eigenvalue weighted by Gasteiger charge is -2.32. The predicted octanol–water partition coefficient (Wildman–Crippen LogP) is 2.95. The van der Waals surface area contributed by atoms with Gasteiger partial charge in [-0.3, -0.25) is 4.79 Å². The van der Waals surface area contributed by atoms with Gasteiger partial charge < -0.3 is 14.6 Å². The van der Waals surface area contributed by atoms with Crippen molar-refractivity contribution in [2.45, 2.75) is 32.1 Å². The lowest BCUT2D eigenvalue weighted by atomic mass is 9.79. The monoisotopic (exact) mass is 431 g/mol. The number of aromatic nitrogens is 6. The molecule has 164 valence electrons.